The highest BCUT2D eigenvalue weighted by Gasteiger charge is 2.13. The maximum absolute atomic E-state index is 9.11. The molecule has 2 aromatic rings. The van der Waals surface area contributed by atoms with Crippen LogP contribution in [0.15, 0.2) is 12.1 Å². The largest absolute Gasteiger partial charge is 0.333 e. The topological polar surface area (TPSA) is 46.5 Å². The molecule has 0 fully saturated rings. The van der Waals surface area contributed by atoms with E-state index in [9.17, 15) is 0 Å². The molecule has 98 valence electrons. The molecule has 0 radical (unpaired) electrons. The Kier molecular flexibility index (Phi) is 3.54. The molecule has 0 saturated heterocycles. The zero-order chi connectivity index (χ0) is 14.2. The third-order valence-corrected chi connectivity index (χ3v) is 3.82. The van der Waals surface area contributed by atoms with E-state index < -0.39 is 0 Å². The Labute approximate surface area is 117 Å². The number of nitrogens with zero attached hydrogens (tertiary/aromatic N) is 4. The van der Waals surface area contributed by atoms with Gasteiger partial charge in [-0.1, -0.05) is 18.3 Å². The van der Waals surface area contributed by atoms with Crippen LogP contribution in [0.3, 0.4) is 0 Å². The van der Waals surface area contributed by atoms with Crippen molar-refractivity contribution in [2.75, 3.05) is 0 Å². The molecule has 0 atom stereocenters. The number of hydrogen-bond donors (Lipinski definition) is 0. The van der Waals surface area contributed by atoms with Gasteiger partial charge in [-0.2, -0.15) is 10.4 Å². The first kappa shape index (κ1) is 13.5. The van der Waals surface area contributed by atoms with E-state index in [1.54, 1.807) is 4.68 Å². The molecular weight excluding hydrogens is 256 g/mol. The minimum absolute atomic E-state index is 0.573. The van der Waals surface area contributed by atoms with E-state index in [0.717, 1.165) is 27.2 Å². The molecule has 0 unspecified atom stereocenters. The fourth-order valence-electron chi connectivity index (χ4n) is 2.32. The Balaban J connectivity index is 2.73. The van der Waals surface area contributed by atoms with Gasteiger partial charge in [-0.25, -0.2) is 0 Å². The predicted octanol–water partition coefficient (Wildman–Crippen LogP) is 3.13. The molecule has 2 heterocycles. The van der Waals surface area contributed by atoms with Crippen LogP contribution in [0.5, 0.6) is 0 Å². The number of pyridine rings is 1. The SMILES string of the molecule is CCn1nc(-c2c(C)cc(C)c(=S)n2C)cc1C#N. The van der Waals surface area contributed by atoms with Crippen molar-refractivity contribution in [3.8, 4) is 17.5 Å². The van der Waals surface area contributed by atoms with Crippen LogP contribution in [0.4, 0.5) is 0 Å². The summed E-state index contributed by atoms with van der Waals surface area (Å²) in [5.41, 5.74) is 4.53. The van der Waals surface area contributed by atoms with Gasteiger partial charge in [0.25, 0.3) is 0 Å². The molecule has 0 aromatic carbocycles. The zero-order valence-electron chi connectivity index (χ0n) is 11.6. The third-order valence-electron chi connectivity index (χ3n) is 3.22. The molecule has 2 rings (SSSR count). The zero-order valence-corrected chi connectivity index (χ0v) is 12.4. The molecule has 0 aliphatic carbocycles. The summed E-state index contributed by atoms with van der Waals surface area (Å²) in [5, 5.41) is 13.6. The molecule has 0 spiro atoms. The Bertz CT molecular complexity index is 731. The molecule has 0 saturated carbocycles. The van der Waals surface area contributed by atoms with Gasteiger partial charge in [0.15, 0.2) is 0 Å². The maximum Gasteiger partial charge on any atom is 0.139 e. The molecule has 19 heavy (non-hydrogen) atoms. The highest BCUT2D eigenvalue weighted by molar-refractivity contribution is 7.71. The Morgan fingerprint density at radius 2 is 2.00 bits per heavy atom. The van der Waals surface area contributed by atoms with Gasteiger partial charge in [0, 0.05) is 19.7 Å². The molecule has 5 heteroatoms. The van der Waals surface area contributed by atoms with Crippen molar-refractivity contribution in [3.05, 3.63) is 33.6 Å². The molecule has 4 nitrogen and oxygen atoms in total. The summed E-state index contributed by atoms with van der Waals surface area (Å²) < 4.78 is 4.46. The first-order valence-corrected chi connectivity index (χ1v) is 6.56. The van der Waals surface area contributed by atoms with Crippen molar-refractivity contribution in [3.63, 3.8) is 0 Å². The lowest BCUT2D eigenvalue weighted by Crippen LogP contribution is -2.04. The monoisotopic (exact) mass is 272 g/mol. The lowest BCUT2D eigenvalue weighted by atomic mass is 10.1. The molecule has 0 aliphatic heterocycles. The molecular formula is C14H16N4S. The fraction of sp³-hybridized carbons (Fsp3) is 0.357. The van der Waals surface area contributed by atoms with E-state index in [1.165, 1.54) is 0 Å². The van der Waals surface area contributed by atoms with Gasteiger partial charge in [0.2, 0.25) is 0 Å². The van der Waals surface area contributed by atoms with Crippen LogP contribution in [-0.2, 0) is 13.6 Å². The van der Waals surface area contributed by atoms with Crippen molar-refractivity contribution < 1.29 is 0 Å². The van der Waals surface area contributed by atoms with Crippen LogP contribution >= 0.6 is 12.2 Å². The number of hydrogen-bond acceptors (Lipinski definition) is 3. The standard InChI is InChI=1S/C14H16N4S/c1-5-18-11(8-15)7-12(16-18)13-9(2)6-10(3)14(19)17(13)4/h6-7H,5H2,1-4H3. The predicted molar refractivity (Wildman–Crippen MR) is 77.3 cm³/mol. The van der Waals surface area contributed by atoms with E-state index in [0.29, 0.717) is 12.2 Å². The Morgan fingerprint density at radius 3 is 2.53 bits per heavy atom. The lowest BCUT2D eigenvalue weighted by Gasteiger charge is -2.12. The number of nitriles is 1. The quantitative estimate of drug-likeness (QED) is 0.789. The highest BCUT2D eigenvalue weighted by atomic mass is 32.1. The summed E-state index contributed by atoms with van der Waals surface area (Å²) in [6, 6.07) is 6.05. The average Bonchev–Trinajstić information content (AvgIpc) is 2.79. The van der Waals surface area contributed by atoms with Crippen molar-refractivity contribution in [1.82, 2.24) is 14.3 Å². The number of aryl methyl sites for hydroxylation is 3. The second kappa shape index (κ2) is 4.98. The Morgan fingerprint density at radius 1 is 1.32 bits per heavy atom. The second-order valence-electron chi connectivity index (χ2n) is 4.57. The van der Waals surface area contributed by atoms with Gasteiger partial charge in [0.1, 0.15) is 22.1 Å². The highest BCUT2D eigenvalue weighted by Crippen LogP contribution is 2.24. The van der Waals surface area contributed by atoms with Gasteiger partial charge < -0.3 is 4.57 Å². The van der Waals surface area contributed by atoms with Crippen LogP contribution in [0, 0.1) is 29.8 Å². The van der Waals surface area contributed by atoms with Gasteiger partial charge in [-0.05, 0) is 31.9 Å². The van der Waals surface area contributed by atoms with Crippen molar-refractivity contribution in [2.45, 2.75) is 27.3 Å². The van der Waals surface area contributed by atoms with Crippen LogP contribution in [-0.4, -0.2) is 14.3 Å². The Hall–Kier alpha value is -1.93. The van der Waals surface area contributed by atoms with E-state index in [4.69, 9.17) is 17.5 Å². The number of aromatic nitrogens is 3. The van der Waals surface area contributed by atoms with Crippen molar-refractivity contribution >= 4 is 12.2 Å². The van der Waals surface area contributed by atoms with E-state index in [-0.39, 0.29) is 0 Å². The first-order chi connectivity index (χ1) is 8.99. The van der Waals surface area contributed by atoms with Gasteiger partial charge >= 0.3 is 0 Å². The minimum Gasteiger partial charge on any atom is -0.333 e. The second-order valence-corrected chi connectivity index (χ2v) is 4.95. The van der Waals surface area contributed by atoms with Gasteiger partial charge in [-0.15, -0.1) is 0 Å². The van der Waals surface area contributed by atoms with Crippen LogP contribution in [0.25, 0.3) is 11.4 Å². The van der Waals surface area contributed by atoms with E-state index in [1.807, 2.05) is 38.5 Å². The fourth-order valence-corrected chi connectivity index (χ4v) is 2.47. The number of rotatable bonds is 2. The smallest absolute Gasteiger partial charge is 0.139 e. The van der Waals surface area contributed by atoms with Crippen molar-refractivity contribution in [1.29, 1.82) is 5.26 Å². The van der Waals surface area contributed by atoms with Crippen LogP contribution in [0.2, 0.25) is 0 Å². The summed E-state index contributed by atoms with van der Waals surface area (Å²) in [6.45, 7) is 6.69. The summed E-state index contributed by atoms with van der Waals surface area (Å²) in [5.74, 6) is 0. The summed E-state index contributed by atoms with van der Waals surface area (Å²) >= 11 is 5.40. The normalized spacial score (nSPS) is 10.5. The molecule has 0 amide bonds. The third kappa shape index (κ3) is 2.20. The summed E-state index contributed by atoms with van der Waals surface area (Å²) in [6.07, 6.45) is 0. The summed E-state index contributed by atoms with van der Waals surface area (Å²) in [7, 11) is 1.94. The van der Waals surface area contributed by atoms with E-state index >= 15 is 0 Å². The van der Waals surface area contributed by atoms with Crippen LogP contribution in [0.1, 0.15) is 23.7 Å². The molecule has 0 aliphatic rings. The van der Waals surface area contributed by atoms with Gasteiger partial charge in [-0.3, -0.25) is 4.68 Å². The minimum atomic E-state index is 0.573. The average molecular weight is 272 g/mol. The van der Waals surface area contributed by atoms with Crippen molar-refractivity contribution in [2.24, 2.45) is 7.05 Å². The molecule has 2 aromatic heterocycles. The van der Waals surface area contributed by atoms with Gasteiger partial charge in [0.05, 0.1) is 5.69 Å². The molecule has 0 bridgehead atoms. The maximum atomic E-state index is 9.11. The van der Waals surface area contributed by atoms with Crippen LogP contribution < -0.4 is 0 Å². The first-order valence-electron chi connectivity index (χ1n) is 6.15. The molecule has 0 N–H and O–H groups in total. The lowest BCUT2D eigenvalue weighted by molar-refractivity contribution is 0.651. The summed E-state index contributed by atoms with van der Waals surface area (Å²) in [4.78, 5) is 0. The van der Waals surface area contributed by atoms with E-state index in [2.05, 4.69) is 17.2 Å².